The molecule has 12 aromatic rings. The van der Waals surface area contributed by atoms with Crippen molar-refractivity contribution in [2.75, 3.05) is 0 Å². The van der Waals surface area contributed by atoms with Crippen LogP contribution in [0.1, 0.15) is 140 Å². The fourth-order valence-corrected chi connectivity index (χ4v) is 10.5. The molecule has 102 heavy (non-hydrogen) atoms. The molecule has 0 aliphatic heterocycles. The summed E-state index contributed by atoms with van der Waals surface area (Å²) in [5, 5.41) is 67.4. The van der Waals surface area contributed by atoms with E-state index in [9.17, 15) is 39.0 Å². The van der Waals surface area contributed by atoms with Crippen molar-refractivity contribution in [1.29, 1.82) is 0 Å². The number of ketones is 1. The van der Waals surface area contributed by atoms with E-state index >= 15 is 0 Å². The topological polar surface area (TPSA) is 270 Å². The molecule has 7 N–H and O–H groups in total. The fourth-order valence-electron chi connectivity index (χ4n) is 8.89. The number of carboxylic acids is 5. The van der Waals surface area contributed by atoms with Crippen molar-refractivity contribution < 1.29 is 64.5 Å². The van der Waals surface area contributed by atoms with E-state index in [-0.39, 0.29) is 22.8 Å². The summed E-state index contributed by atoms with van der Waals surface area (Å²) in [6.45, 7) is 3.41. The van der Waals surface area contributed by atoms with Crippen LogP contribution in [0, 0.1) is 6.92 Å². The molecular formula is C84H68N2O13S3. The molecule has 0 saturated carbocycles. The van der Waals surface area contributed by atoms with Crippen LogP contribution in [0.5, 0.6) is 11.5 Å². The minimum absolute atomic E-state index is 0.00985. The Labute approximate surface area is 601 Å². The quantitative estimate of drug-likeness (QED) is 0.0311. The van der Waals surface area contributed by atoms with Gasteiger partial charge in [-0.1, -0.05) is 200 Å². The summed E-state index contributed by atoms with van der Waals surface area (Å²) in [4.78, 5) is 75.6. The van der Waals surface area contributed by atoms with Gasteiger partial charge in [-0.2, -0.15) is 0 Å². The summed E-state index contributed by atoms with van der Waals surface area (Å²) in [5.41, 5.74) is 15.1. The molecule has 0 atom stereocenters. The second-order valence-electron chi connectivity index (χ2n) is 21.7. The number of aromatic hydroxyl groups is 2. The maximum Gasteiger partial charge on any atom is 0.339 e. The molecule has 0 spiro atoms. The van der Waals surface area contributed by atoms with E-state index in [0.717, 1.165) is 65.5 Å². The predicted octanol–water partition coefficient (Wildman–Crippen LogP) is 20.5. The third-order valence-electron chi connectivity index (χ3n) is 14.0. The average Bonchev–Trinajstić information content (AvgIpc) is 1.06. The Kier molecular flexibility index (Phi) is 30.4. The van der Waals surface area contributed by atoms with Gasteiger partial charge in [0.15, 0.2) is 5.78 Å². The standard InChI is InChI=1S/2C16H14O2.C15H12O3.C13H10O2S.2C12H9NO2S/c1-12-9-14(11-15(10-12)16(17)18)8-7-13-5-3-2-4-6-13;1-12(17)14-9-10-16(18)15(11-14)8-7-13-5-3-2-4-6-13;16-14-9-8-12(10-13(14)15(17)18)7-6-11-4-2-1-3-5-11;14-13(15)11-4-1-3-10(9-11)6-7-12-5-2-8-16-12;14-12(15)10-3-1-2-9(6-10)4-5-11-7-16-8-13-11;14-12(15)10-3-1-2-9(6-10)4-5-11-7-13-8-16-11/h2-11H,1H3,(H,17,18);2-11,18H,1H3;1-10,16H,(H,17,18);1-9H,(H,14,15);2*1-8H,(H,14,15)/b2*8-7+;2*7-6+;2*5-4+. The highest BCUT2D eigenvalue weighted by molar-refractivity contribution is 7.11. The summed E-state index contributed by atoms with van der Waals surface area (Å²) in [5.74, 6) is -4.81. The molecule has 510 valence electrons. The first-order valence-corrected chi connectivity index (χ1v) is 33.7. The number of carbonyl (C=O) groups is 6. The van der Waals surface area contributed by atoms with Gasteiger partial charge >= 0.3 is 29.8 Å². The second-order valence-corrected chi connectivity index (χ2v) is 24.3. The van der Waals surface area contributed by atoms with Crippen LogP contribution >= 0.6 is 34.0 Å². The van der Waals surface area contributed by atoms with Gasteiger partial charge in [-0.15, -0.1) is 34.0 Å². The molecule has 0 fully saturated rings. The number of thiophene rings is 1. The van der Waals surface area contributed by atoms with Crippen LogP contribution in [0.4, 0.5) is 0 Å². The van der Waals surface area contributed by atoms with E-state index in [0.29, 0.717) is 33.4 Å². The largest absolute Gasteiger partial charge is 0.507 e. The van der Waals surface area contributed by atoms with E-state index < -0.39 is 29.8 Å². The molecule has 0 aliphatic carbocycles. The van der Waals surface area contributed by atoms with Gasteiger partial charge in [-0.3, -0.25) is 9.78 Å². The molecule has 9 aromatic carbocycles. The molecule has 15 nitrogen and oxygen atoms in total. The molecule has 0 amide bonds. The number of aromatic nitrogens is 2. The Balaban J connectivity index is 0.000000172. The molecule has 0 saturated heterocycles. The first kappa shape index (κ1) is 76.4. The Hall–Kier alpha value is -13.0. The summed E-state index contributed by atoms with van der Waals surface area (Å²) >= 11 is 4.71. The van der Waals surface area contributed by atoms with Crippen LogP contribution in [0.15, 0.2) is 258 Å². The van der Waals surface area contributed by atoms with Gasteiger partial charge in [0.25, 0.3) is 0 Å². The van der Waals surface area contributed by atoms with Crippen molar-refractivity contribution in [2.24, 2.45) is 0 Å². The van der Waals surface area contributed by atoms with Gasteiger partial charge in [-0.25, -0.2) is 29.0 Å². The monoisotopic (exact) mass is 1410 g/mol. The number of benzene rings is 9. The highest BCUT2D eigenvalue weighted by atomic mass is 32.1. The van der Waals surface area contributed by atoms with Gasteiger partial charge in [0, 0.05) is 32.5 Å². The van der Waals surface area contributed by atoms with Crippen molar-refractivity contribution in [1.82, 2.24) is 9.97 Å². The minimum atomic E-state index is -1.14. The maximum absolute atomic E-state index is 11.3. The number of phenolic OH excluding ortho intramolecular Hbond substituents is 1. The number of carboxylic acid groups (broad SMARTS) is 5. The zero-order chi connectivity index (χ0) is 73.0. The van der Waals surface area contributed by atoms with E-state index in [1.54, 1.807) is 132 Å². The number of Topliss-reactive ketones (excluding diaryl/α,β-unsaturated/α-hetero) is 1. The van der Waals surface area contributed by atoms with E-state index in [1.165, 1.54) is 41.7 Å². The molecule has 18 heteroatoms. The Morgan fingerprint density at radius 2 is 0.804 bits per heavy atom. The van der Waals surface area contributed by atoms with Crippen molar-refractivity contribution in [3.8, 4) is 11.5 Å². The van der Waals surface area contributed by atoms with Crippen molar-refractivity contribution >= 4 is 143 Å². The lowest BCUT2D eigenvalue weighted by atomic mass is 10.1. The van der Waals surface area contributed by atoms with Crippen LogP contribution in [0.2, 0.25) is 0 Å². The van der Waals surface area contributed by atoms with E-state index in [1.807, 2.05) is 206 Å². The first-order valence-electron chi connectivity index (χ1n) is 31.0. The minimum Gasteiger partial charge on any atom is -0.507 e. The molecule has 0 bridgehead atoms. The summed E-state index contributed by atoms with van der Waals surface area (Å²) < 4.78 is 0. The number of thiazole rings is 2. The lowest BCUT2D eigenvalue weighted by molar-refractivity contribution is 0.0683. The van der Waals surface area contributed by atoms with Gasteiger partial charge in [-0.05, 0) is 172 Å². The maximum atomic E-state index is 11.3. The Morgan fingerprint density at radius 3 is 1.26 bits per heavy atom. The third-order valence-corrected chi connectivity index (χ3v) is 16.2. The molecule has 12 rings (SSSR count). The fraction of sp³-hybridized carbons (Fsp3) is 0.0238. The molecule has 0 radical (unpaired) electrons. The van der Waals surface area contributed by atoms with E-state index in [2.05, 4.69) is 9.97 Å². The molecule has 0 unspecified atom stereocenters. The highest BCUT2D eigenvalue weighted by Gasteiger charge is 2.10. The number of carbonyl (C=O) groups excluding carboxylic acids is 1. The van der Waals surface area contributed by atoms with Crippen molar-refractivity contribution in [3.05, 3.63) is 363 Å². The zero-order valence-corrected chi connectivity index (χ0v) is 57.4. The van der Waals surface area contributed by atoms with Crippen LogP contribution < -0.4 is 0 Å². The molecule has 3 heterocycles. The van der Waals surface area contributed by atoms with Crippen LogP contribution in [0.25, 0.3) is 72.9 Å². The van der Waals surface area contributed by atoms with Gasteiger partial charge in [0.2, 0.25) is 0 Å². The van der Waals surface area contributed by atoms with Crippen LogP contribution in [-0.2, 0) is 0 Å². The Bertz CT molecular complexity index is 4680. The lowest BCUT2D eigenvalue weighted by Gasteiger charge is -2.01. The number of nitrogens with zero attached hydrogens (tertiary/aromatic N) is 2. The lowest BCUT2D eigenvalue weighted by Crippen LogP contribution is -1.97. The number of rotatable bonds is 18. The molecule has 3 aromatic heterocycles. The summed E-state index contributed by atoms with van der Waals surface area (Å²) in [6, 6.07) is 68.5. The number of hydrogen-bond acceptors (Lipinski definition) is 13. The van der Waals surface area contributed by atoms with Crippen molar-refractivity contribution in [2.45, 2.75) is 13.8 Å². The third kappa shape index (κ3) is 27.1. The van der Waals surface area contributed by atoms with Crippen LogP contribution in [-0.4, -0.2) is 81.3 Å². The summed E-state index contributed by atoms with van der Waals surface area (Å²) in [7, 11) is 0. The number of aryl methyl sites for hydroxylation is 1. The average molecular weight is 1410 g/mol. The molecular weight excluding hydrogens is 1340 g/mol. The van der Waals surface area contributed by atoms with Gasteiger partial charge < -0.3 is 35.7 Å². The first-order chi connectivity index (χ1) is 49.2. The van der Waals surface area contributed by atoms with Crippen LogP contribution in [0.3, 0.4) is 0 Å². The predicted molar refractivity (Wildman–Crippen MR) is 413 cm³/mol. The summed E-state index contributed by atoms with van der Waals surface area (Å²) in [6.07, 6.45) is 24.5. The number of phenols is 2. The molecule has 0 aliphatic rings. The second kappa shape index (κ2) is 40.7. The SMILES string of the molecule is CC(=O)c1ccc(O)c(/C=C/c2ccccc2)c1.Cc1cc(/C=C/c2ccccc2)cc(C(=O)O)c1.O=C(O)c1cc(/C=C/c2ccccc2)ccc1O.O=C(O)c1cccc(/C=C/c2cccs2)c1.O=C(O)c1cccc(/C=C/c2cncs2)c1.O=C(O)c1cccc(/C=C/c2cscn2)c1. The number of hydrogen-bond donors (Lipinski definition) is 7. The zero-order valence-electron chi connectivity index (χ0n) is 55.0. The smallest absolute Gasteiger partial charge is 0.339 e. The highest BCUT2D eigenvalue weighted by Crippen LogP contribution is 2.24. The Morgan fingerprint density at radius 1 is 0.353 bits per heavy atom. The van der Waals surface area contributed by atoms with Crippen molar-refractivity contribution in [3.63, 3.8) is 0 Å². The van der Waals surface area contributed by atoms with Gasteiger partial charge in [0.05, 0.1) is 39.0 Å². The van der Waals surface area contributed by atoms with Gasteiger partial charge in [0.1, 0.15) is 17.1 Å². The van der Waals surface area contributed by atoms with E-state index in [4.69, 9.17) is 25.5 Å². The number of aromatic carboxylic acids is 5. The normalized spacial score (nSPS) is 10.7.